The second-order valence-electron chi connectivity index (χ2n) is 11.8. The van der Waals surface area contributed by atoms with Gasteiger partial charge in [0, 0.05) is 19.4 Å². The first-order chi connectivity index (χ1) is 15.9. The van der Waals surface area contributed by atoms with Crippen LogP contribution in [0.5, 0.6) is 0 Å². The first kappa shape index (κ1) is 36.0. The van der Waals surface area contributed by atoms with Crippen LogP contribution < -0.4 is 11.1 Å². The molecule has 0 radical (unpaired) electrons. The van der Waals surface area contributed by atoms with Crippen LogP contribution in [0.1, 0.15) is 26.7 Å². The van der Waals surface area contributed by atoms with Crippen molar-refractivity contribution in [1.29, 1.82) is 0 Å². The van der Waals surface area contributed by atoms with E-state index in [1.807, 2.05) is 13.8 Å². The first-order valence-electron chi connectivity index (χ1n) is 13.3. The van der Waals surface area contributed by atoms with Gasteiger partial charge in [0.25, 0.3) is 0 Å². The summed E-state index contributed by atoms with van der Waals surface area (Å²) in [5, 5.41) is 3.58. The average Bonchev–Trinajstić information content (AvgIpc) is 2.62. The van der Waals surface area contributed by atoms with Crippen molar-refractivity contribution in [2.24, 2.45) is 5.73 Å². The molecule has 0 aliphatic carbocycles. The highest BCUT2D eigenvalue weighted by Gasteiger charge is 2.44. The predicted octanol–water partition coefficient (Wildman–Crippen LogP) is 4.73. The molecule has 0 aromatic carbocycles. The van der Waals surface area contributed by atoms with Crippen molar-refractivity contribution in [2.45, 2.75) is 104 Å². The van der Waals surface area contributed by atoms with Gasteiger partial charge in [-0.15, -0.1) is 0 Å². The normalized spacial score (nSPS) is 16.4. The summed E-state index contributed by atoms with van der Waals surface area (Å²) in [6.07, 6.45) is 2.67. The van der Waals surface area contributed by atoms with E-state index >= 15 is 0 Å². The number of nitrogens with one attached hydrogen (secondary N) is 1. The van der Waals surface area contributed by atoms with Crippen molar-refractivity contribution in [1.82, 2.24) is 5.32 Å². The predicted molar refractivity (Wildman–Crippen MR) is 163 cm³/mol. The molecule has 0 bridgehead atoms. The fraction of sp³-hybridized carbons (Fsp3) is 1.00. The van der Waals surface area contributed by atoms with Crippen LogP contribution in [-0.2, 0) is 25.3 Å². The molecule has 0 amide bonds. The van der Waals surface area contributed by atoms with Crippen molar-refractivity contribution in [2.75, 3.05) is 32.5 Å². The molecule has 14 heteroatoms. The zero-order chi connectivity index (χ0) is 27.4. The molecule has 3 N–H and O–H groups in total. The number of rotatable bonds is 21. The monoisotopic (exact) mass is 602 g/mol. The molecule has 2 atom stereocenters. The highest BCUT2D eigenvalue weighted by Crippen LogP contribution is 2.27. The average molecular weight is 603 g/mol. The lowest BCUT2D eigenvalue weighted by molar-refractivity contribution is 0.187. The minimum atomic E-state index is -2.54. The van der Waals surface area contributed by atoms with Gasteiger partial charge in [-0.25, -0.2) is 0 Å². The summed E-state index contributed by atoms with van der Waals surface area (Å²) in [5.74, 6) is 0. The third kappa shape index (κ3) is 18.8. The second-order valence-corrected chi connectivity index (χ2v) is 34.0. The quantitative estimate of drug-likeness (QED) is 0.144. The molecule has 0 spiro atoms. The van der Waals surface area contributed by atoms with Crippen LogP contribution in [0.4, 0.5) is 0 Å². The van der Waals surface area contributed by atoms with Crippen LogP contribution in [0, 0.1) is 0 Å². The molecule has 0 saturated carbocycles. The van der Waals surface area contributed by atoms with Crippen molar-refractivity contribution < 1.29 is 25.3 Å². The molecule has 0 aromatic heterocycles. The van der Waals surface area contributed by atoms with E-state index in [4.69, 9.17) is 31.0 Å². The van der Waals surface area contributed by atoms with Gasteiger partial charge < -0.3 is 36.4 Å². The molecule has 0 aromatic rings. The molecule has 212 valence electrons. The van der Waals surface area contributed by atoms with E-state index < -0.39 is 51.6 Å². The van der Waals surface area contributed by atoms with E-state index in [0.29, 0.717) is 19.8 Å². The molecule has 0 rings (SSSR count). The lowest BCUT2D eigenvalue weighted by atomic mass is 10.5. The summed E-state index contributed by atoms with van der Waals surface area (Å²) in [6.45, 7) is 29.0. The molecular weight excluding hydrogens is 545 g/mol. The highest BCUT2D eigenvalue weighted by atomic mass is 28.5. The van der Waals surface area contributed by atoms with E-state index in [1.165, 1.54) is 0 Å². The van der Waals surface area contributed by atoms with Gasteiger partial charge >= 0.3 is 35.0 Å². The maximum Gasteiger partial charge on any atom is 0.349 e. The van der Waals surface area contributed by atoms with Gasteiger partial charge in [0.05, 0.1) is 0 Å². The standard InChI is InChI=1S/C21H58N2O6Si6/c1-13-24-35(12,25-14-2)21-23-18-16-20-34(11,29-33(9,10)28-32(6,7)8)27-30(19-15-17-22)26-31(3,4)5/h23,30H,13-22H2,1-12H3. The molecule has 0 fully saturated rings. The van der Waals surface area contributed by atoms with Gasteiger partial charge in [-0.2, -0.15) is 0 Å². The molecule has 0 aliphatic heterocycles. The third-order valence-corrected chi connectivity index (χ3v) is 24.7. The SMILES string of the molecule is CCO[Si](C)(CNCCC[Si](C)(O[SiH](CCCN)O[Si](C)(C)C)O[Si](C)(C)O[Si](C)(C)C)OCC. The fourth-order valence-corrected chi connectivity index (χ4v) is 26.7. The molecule has 0 heterocycles. The van der Waals surface area contributed by atoms with Gasteiger partial charge in [-0.1, -0.05) is 0 Å². The largest absolute Gasteiger partial charge is 0.439 e. The zero-order valence-corrected chi connectivity index (χ0v) is 31.1. The van der Waals surface area contributed by atoms with Crippen molar-refractivity contribution in [3.8, 4) is 0 Å². The van der Waals surface area contributed by atoms with Gasteiger partial charge in [0.1, 0.15) is 0 Å². The van der Waals surface area contributed by atoms with E-state index in [-0.39, 0.29) is 0 Å². The second kappa shape index (κ2) is 16.2. The van der Waals surface area contributed by atoms with E-state index in [9.17, 15) is 0 Å². The first-order valence-corrected chi connectivity index (χ1v) is 29.8. The number of hydrogen-bond acceptors (Lipinski definition) is 8. The molecule has 2 unspecified atom stereocenters. The van der Waals surface area contributed by atoms with Crippen LogP contribution >= 0.6 is 0 Å². The highest BCUT2D eigenvalue weighted by molar-refractivity contribution is 6.88. The van der Waals surface area contributed by atoms with Gasteiger partial charge in [-0.3, -0.25) is 0 Å². The molecule has 0 aliphatic rings. The lowest BCUT2D eigenvalue weighted by Gasteiger charge is -2.41. The number of hydrogen-bond donors (Lipinski definition) is 2. The Balaban J connectivity index is 5.40. The third-order valence-electron chi connectivity index (χ3n) is 4.85. The maximum atomic E-state index is 6.91. The Hall–Kier alpha value is 0.981. The molecular formula is C21H58N2O6Si6. The molecule has 35 heavy (non-hydrogen) atoms. The summed E-state index contributed by atoms with van der Waals surface area (Å²) in [5.41, 5.74) is 5.84. The Morgan fingerprint density at radius 2 is 1.29 bits per heavy atom. The zero-order valence-electron chi connectivity index (χ0n) is 25.0. The van der Waals surface area contributed by atoms with Crippen LogP contribution in [0.25, 0.3) is 0 Å². The Bertz CT molecular complexity index is 573. The van der Waals surface area contributed by atoms with Crippen LogP contribution in [0.15, 0.2) is 0 Å². The lowest BCUT2D eigenvalue weighted by Crippen LogP contribution is -2.56. The molecule has 0 saturated heterocycles. The minimum Gasteiger partial charge on any atom is -0.439 e. The van der Waals surface area contributed by atoms with Crippen LogP contribution in [0.2, 0.25) is 77.6 Å². The van der Waals surface area contributed by atoms with E-state index in [1.54, 1.807) is 0 Å². The van der Waals surface area contributed by atoms with E-state index in [2.05, 4.69) is 70.8 Å². The maximum absolute atomic E-state index is 6.91. The van der Waals surface area contributed by atoms with Crippen LogP contribution in [-0.4, -0.2) is 84.1 Å². The van der Waals surface area contributed by atoms with Crippen molar-refractivity contribution >= 4 is 51.6 Å². The van der Waals surface area contributed by atoms with Crippen LogP contribution in [0.3, 0.4) is 0 Å². The van der Waals surface area contributed by atoms with E-state index in [0.717, 1.165) is 37.6 Å². The summed E-state index contributed by atoms with van der Waals surface area (Å²) in [4.78, 5) is 0. The molecule has 8 nitrogen and oxygen atoms in total. The summed E-state index contributed by atoms with van der Waals surface area (Å²) >= 11 is 0. The summed E-state index contributed by atoms with van der Waals surface area (Å²) < 4.78 is 38.8. The fourth-order valence-electron chi connectivity index (χ4n) is 4.12. The Labute approximate surface area is 224 Å². The topological polar surface area (TPSA) is 93.4 Å². The summed E-state index contributed by atoms with van der Waals surface area (Å²) in [6, 6.07) is 1.82. The van der Waals surface area contributed by atoms with Crippen molar-refractivity contribution in [3.05, 3.63) is 0 Å². The van der Waals surface area contributed by atoms with Gasteiger partial charge in [0.2, 0.25) is 0 Å². The van der Waals surface area contributed by atoms with Gasteiger partial charge in [-0.05, 0) is 117 Å². The Morgan fingerprint density at radius 3 is 1.74 bits per heavy atom. The van der Waals surface area contributed by atoms with Crippen molar-refractivity contribution in [3.63, 3.8) is 0 Å². The number of nitrogens with two attached hydrogens (primary N) is 1. The minimum absolute atomic E-state index is 0.659. The summed E-state index contributed by atoms with van der Waals surface area (Å²) in [7, 11) is -12.4. The van der Waals surface area contributed by atoms with Gasteiger partial charge in [0.15, 0.2) is 16.6 Å². The smallest absolute Gasteiger partial charge is 0.349 e. The Morgan fingerprint density at radius 1 is 0.714 bits per heavy atom. The Kier molecular flexibility index (Phi) is 16.6.